The van der Waals surface area contributed by atoms with Crippen molar-refractivity contribution in [1.82, 2.24) is 25.4 Å². The van der Waals surface area contributed by atoms with Gasteiger partial charge in [0.15, 0.2) is 5.82 Å². The van der Waals surface area contributed by atoms with Crippen LogP contribution >= 0.6 is 0 Å². The Morgan fingerprint density at radius 1 is 1.12 bits per heavy atom. The summed E-state index contributed by atoms with van der Waals surface area (Å²) in [5.74, 6) is 0.290. The number of aliphatic hydroxyl groups is 1. The second-order valence-electron chi connectivity index (χ2n) is 8.64. The van der Waals surface area contributed by atoms with Gasteiger partial charge < -0.3 is 15.7 Å². The van der Waals surface area contributed by atoms with Gasteiger partial charge in [0, 0.05) is 37.5 Å². The van der Waals surface area contributed by atoms with Gasteiger partial charge in [0.2, 0.25) is 5.91 Å². The molecule has 0 aliphatic heterocycles. The second-order valence-corrected chi connectivity index (χ2v) is 8.64. The highest BCUT2D eigenvalue weighted by atomic mass is 16.3. The van der Waals surface area contributed by atoms with Gasteiger partial charge in [0.25, 0.3) is 5.91 Å². The van der Waals surface area contributed by atoms with Gasteiger partial charge in [-0.25, -0.2) is 9.67 Å². The Labute approximate surface area is 193 Å². The normalized spacial score (nSPS) is 22.8. The topological polar surface area (TPSA) is 109 Å². The lowest BCUT2D eigenvalue weighted by Gasteiger charge is -2.34. The number of pyridine rings is 1. The van der Waals surface area contributed by atoms with E-state index in [0.29, 0.717) is 37.2 Å². The molecule has 1 aromatic carbocycles. The van der Waals surface area contributed by atoms with Crippen LogP contribution in [0.25, 0.3) is 5.82 Å². The fourth-order valence-corrected chi connectivity index (χ4v) is 4.57. The zero-order chi connectivity index (χ0) is 23.3. The molecule has 0 radical (unpaired) electrons. The van der Waals surface area contributed by atoms with Crippen molar-refractivity contribution in [1.29, 1.82) is 0 Å². The fraction of sp³-hybridized carbons (Fsp3) is 0.360. The minimum absolute atomic E-state index is 0.148. The monoisotopic (exact) mass is 447 g/mol. The summed E-state index contributed by atoms with van der Waals surface area (Å²) in [6.07, 6.45) is 6.99. The summed E-state index contributed by atoms with van der Waals surface area (Å²) in [6, 6.07) is 15.1. The first-order chi connectivity index (χ1) is 16.0. The molecule has 0 bridgehead atoms. The Hall–Kier alpha value is -3.52. The third kappa shape index (κ3) is 5.28. The number of rotatable bonds is 6. The minimum atomic E-state index is -0.616. The molecule has 8 heteroatoms. The summed E-state index contributed by atoms with van der Waals surface area (Å²) in [5.41, 5.74) is 1.25. The van der Waals surface area contributed by atoms with Crippen LogP contribution in [0.4, 0.5) is 0 Å². The maximum Gasteiger partial charge on any atom is 0.252 e. The van der Waals surface area contributed by atoms with Gasteiger partial charge in [0.05, 0.1) is 17.7 Å². The van der Waals surface area contributed by atoms with Crippen LogP contribution in [0.15, 0.2) is 67.1 Å². The quantitative estimate of drug-likeness (QED) is 0.503. The van der Waals surface area contributed by atoms with Gasteiger partial charge >= 0.3 is 0 Å². The van der Waals surface area contributed by atoms with Crippen LogP contribution in [0.5, 0.6) is 0 Å². The Morgan fingerprint density at radius 2 is 1.91 bits per heavy atom. The molecule has 0 spiro atoms. The third-order valence-corrected chi connectivity index (χ3v) is 6.43. The number of carbonyl (C=O) groups is 2. The van der Waals surface area contributed by atoms with Gasteiger partial charge in [-0.15, -0.1) is 0 Å². The van der Waals surface area contributed by atoms with Crippen molar-refractivity contribution in [3.05, 3.63) is 78.2 Å². The highest BCUT2D eigenvalue weighted by molar-refractivity contribution is 5.94. The third-order valence-electron chi connectivity index (χ3n) is 6.43. The summed E-state index contributed by atoms with van der Waals surface area (Å²) in [4.78, 5) is 28.9. The summed E-state index contributed by atoms with van der Waals surface area (Å²) >= 11 is 0. The maximum absolute atomic E-state index is 12.9. The van der Waals surface area contributed by atoms with Crippen LogP contribution in [0, 0.1) is 0 Å². The first kappa shape index (κ1) is 22.7. The molecule has 0 unspecified atom stereocenters. The van der Waals surface area contributed by atoms with E-state index in [-0.39, 0.29) is 23.3 Å². The highest BCUT2D eigenvalue weighted by Gasteiger charge is 2.38. The van der Waals surface area contributed by atoms with Crippen molar-refractivity contribution in [2.75, 3.05) is 6.54 Å². The first-order valence-electron chi connectivity index (χ1n) is 11.2. The molecule has 0 saturated heterocycles. The molecule has 2 heterocycles. The molecule has 1 aliphatic carbocycles. The lowest BCUT2D eigenvalue weighted by Crippen LogP contribution is -2.42. The Balaban J connectivity index is 1.50. The molecular formula is C25H29N5O3. The van der Waals surface area contributed by atoms with Crippen LogP contribution in [0.2, 0.25) is 0 Å². The Bertz CT molecular complexity index is 1070. The van der Waals surface area contributed by atoms with E-state index in [0.717, 1.165) is 12.0 Å². The Kier molecular flexibility index (Phi) is 6.84. The van der Waals surface area contributed by atoms with Crippen molar-refractivity contribution < 1.29 is 14.7 Å². The van der Waals surface area contributed by atoms with E-state index in [9.17, 15) is 14.7 Å². The van der Waals surface area contributed by atoms with Crippen molar-refractivity contribution in [3.63, 3.8) is 0 Å². The average Bonchev–Trinajstić information content (AvgIpc) is 3.33. The van der Waals surface area contributed by atoms with E-state index < -0.39 is 6.10 Å². The number of aromatic nitrogens is 3. The zero-order valence-electron chi connectivity index (χ0n) is 18.6. The van der Waals surface area contributed by atoms with Crippen LogP contribution in [-0.4, -0.2) is 50.4 Å². The molecule has 3 N–H and O–H groups in total. The molecule has 8 nitrogen and oxygen atoms in total. The highest BCUT2D eigenvalue weighted by Crippen LogP contribution is 2.38. The fourth-order valence-electron chi connectivity index (χ4n) is 4.57. The Morgan fingerprint density at radius 3 is 2.58 bits per heavy atom. The number of nitrogens with zero attached hydrogens (tertiary/aromatic N) is 3. The number of hydrogen-bond donors (Lipinski definition) is 3. The molecule has 1 fully saturated rings. The molecule has 4 rings (SSSR count). The van der Waals surface area contributed by atoms with Crippen molar-refractivity contribution in [3.8, 4) is 5.82 Å². The van der Waals surface area contributed by atoms with Gasteiger partial charge in [0.1, 0.15) is 0 Å². The zero-order valence-corrected chi connectivity index (χ0v) is 18.6. The molecule has 3 aromatic rings. The summed E-state index contributed by atoms with van der Waals surface area (Å²) in [7, 11) is 0. The van der Waals surface area contributed by atoms with Gasteiger partial charge in [-0.1, -0.05) is 30.3 Å². The average molecular weight is 448 g/mol. The number of nitrogens with one attached hydrogen (secondary N) is 2. The summed E-state index contributed by atoms with van der Waals surface area (Å²) in [6.45, 7) is 1.89. The molecule has 33 heavy (non-hydrogen) atoms. The number of aliphatic hydroxyl groups excluding tert-OH is 1. The van der Waals surface area contributed by atoms with Crippen LogP contribution < -0.4 is 10.6 Å². The van der Waals surface area contributed by atoms with Crippen molar-refractivity contribution in [2.24, 2.45) is 0 Å². The lowest BCUT2D eigenvalue weighted by atomic mass is 9.74. The van der Waals surface area contributed by atoms with E-state index in [1.165, 1.54) is 6.92 Å². The first-order valence-corrected chi connectivity index (χ1v) is 11.2. The van der Waals surface area contributed by atoms with Crippen LogP contribution in [0.1, 0.15) is 48.5 Å². The SMILES string of the molecule is CC(=O)N[C@H]1CC[C@](CNC(=O)c2ccc(-n3cccn3)nc2)(c2ccccc2)CC[C@@H]1O. The number of hydrogen-bond acceptors (Lipinski definition) is 5. The molecule has 1 saturated carbocycles. The lowest BCUT2D eigenvalue weighted by molar-refractivity contribution is -0.120. The van der Waals surface area contributed by atoms with Gasteiger partial charge in [-0.2, -0.15) is 5.10 Å². The molecule has 2 aromatic heterocycles. The summed E-state index contributed by atoms with van der Waals surface area (Å²) < 4.78 is 1.63. The number of benzene rings is 1. The van der Waals surface area contributed by atoms with E-state index >= 15 is 0 Å². The van der Waals surface area contributed by atoms with Crippen molar-refractivity contribution >= 4 is 11.8 Å². The maximum atomic E-state index is 12.9. The largest absolute Gasteiger partial charge is 0.391 e. The summed E-state index contributed by atoms with van der Waals surface area (Å²) in [5, 5.41) is 20.7. The van der Waals surface area contributed by atoms with Crippen LogP contribution in [0.3, 0.4) is 0 Å². The number of amides is 2. The van der Waals surface area contributed by atoms with Crippen LogP contribution in [-0.2, 0) is 10.2 Å². The molecule has 172 valence electrons. The van der Waals surface area contributed by atoms with E-state index in [1.54, 1.807) is 35.4 Å². The second kappa shape index (κ2) is 9.95. The van der Waals surface area contributed by atoms with Gasteiger partial charge in [-0.05, 0) is 49.4 Å². The van der Waals surface area contributed by atoms with E-state index in [1.807, 2.05) is 24.3 Å². The molecule has 2 amide bonds. The predicted molar refractivity (Wildman–Crippen MR) is 124 cm³/mol. The molecule has 1 aliphatic rings. The minimum Gasteiger partial charge on any atom is -0.391 e. The van der Waals surface area contributed by atoms with Crippen molar-refractivity contribution in [2.45, 2.75) is 50.2 Å². The molecule has 3 atom stereocenters. The predicted octanol–water partition coefficient (Wildman–Crippen LogP) is 2.37. The van der Waals surface area contributed by atoms with E-state index in [4.69, 9.17) is 0 Å². The number of carbonyl (C=O) groups excluding carboxylic acids is 2. The van der Waals surface area contributed by atoms with E-state index in [2.05, 4.69) is 32.8 Å². The smallest absolute Gasteiger partial charge is 0.252 e. The molecular weight excluding hydrogens is 418 g/mol. The standard InChI is InChI=1S/C25H29N5O3/c1-18(31)29-21-10-12-25(13-11-22(21)32,20-6-3-2-4-7-20)17-27-24(33)19-8-9-23(26-16-19)30-15-5-14-28-30/h2-9,14-16,21-22,32H,10-13,17H2,1H3,(H,27,33)(H,29,31)/t21-,22-,25-/m0/s1. The van der Waals surface area contributed by atoms with Gasteiger partial charge in [-0.3, -0.25) is 9.59 Å².